The SMILES string of the molecule is COc1ccc(NC(=O)C2CCCN2C(=O)c2ccc(CN3C(=O)CCC3=O)cc2)cc1. The third-order valence-corrected chi connectivity index (χ3v) is 5.87. The van der Waals surface area contributed by atoms with Crippen molar-refractivity contribution in [3.8, 4) is 5.75 Å². The van der Waals surface area contributed by atoms with Crippen molar-refractivity contribution >= 4 is 29.3 Å². The standard InChI is InChI=1S/C24H25N3O5/c1-32-19-10-8-18(9-11-19)25-23(30)20-3-2-14-26(20)24(31)17-6-4-16(5-7-17)15-27-21(28)12-13-22(27)29/h4-11,20H,2-3,12-15H2,1H3,(H,25,30). The van der Waals surface area contributed by atoms with Crippen molar-refractivity contribution in [2.45, 2.75) is 38.3 Å². The number of ether oxygens (including phenoxy) is 1. The van der Waals surface area contributed by atoms with Crippen molar-refractivity contribution in [2.75, 3.05) is 19.0 Å². The van der Waals surface area contributed by atoms with Gasteiger partial charge in [0, 0.05) is 30.6 Å². The summed E-state index contributed by atoms with van der Waals surface area (Å²) in [4.78, 5) is 52.3. The fraction of sp³-hybridized carbons (Fsp3) is 0.333. The van der Waals surface area contributed by atoms with Crippen molar-refractivity contribution in [3.63, 3.8) is 0 Å². The van der Waals surface area contributed by atoms with Crippen LogP contribution in [0, 0.1) is 0 Å². The van der Waals surface area contributed by atoms with E-state index < -0.39 is 6.04 Å². The van der Waals surface area contributed by atoms with Crippen LogP contribution in [0.2, 0.25) is 0 Å². The van der Waals surface area contributed by atoms with Crippen molar-refractivity contribution in [1.82, 2.24) is 9.80 Å². The van der Waals surface area contributed by atoms with Gasteiger partial charge in [0.05, 0.1) is 13.7 Å². The van der Waals surface area contributed by atoms with Crippen LogP contribution in [0.4, 0.5) is 5.69 Å². The molecule has 2 aromatic carbocycles. The zero-order valence-electron chi connectivity index (χ0n) is 17.9. The molecule has 2 heterocycles. The maximum atomic E-state index is 13.1. The molecule has 2 fully saturated rings. The van der Waals surface area contributed by atoms with Crippen molar-refractivity contribution in [2.24, 2.45) is 0 Å². The Bertz CT molecular complexity index is 1020. The Morgan fingerprint density at radius 2 is 1.66 bits per heavy atom. The minimum absolute atomic E-state index is 0.169. The highest BCUT2D eigenvalue weighted by molar-refractivity contribution is 6.02. The highest BCUT2D eigenvalue weighted by Gasteiger charge is 2.34. The molecule has 0 aliphatic carbocycles. The number of rotatable bonds is 6. The molecule has 4 amide bonds. The van der Waals surface area contributed by atoms with Gasteiger partial charge in [0.1, 0.15) is 11.8 Å². The molecule has 0 aromatic heterocycles. The smallest absolute Gasteiger partial charge is 0.254 e. The van der Waals surface area contributed by atoms with E-state index in [0.717, 1.165) is 12.0 Å². The van der Waals surface area contributed by atoms with Crippen molar-refractivity contribution < 1.29 is 23.9 Å². The predicted molar refractivity (Wildman–Crippen MR) is 117 cm³/mol. The molecule has 0 radical (unpaired) electrons. The van der Waals surface area contributed by atoms with Crippen LogP contribution < -0.4 is 10.1 Å². The summed E-state index contributed by atoms with van der Waals surface area (Å²) >= 11 is 0. The Morgan fingerprint density at radius 1 is 1.00 bits per heavy atom. The lowest BCUT2D eigenvalue weighted by Crippen LogP contribution is -2.43. The van der Waals surface area contributed by atoms with E-state index in [1.54, 1.807) is 60.5 Å². The van der Waals surface area contributed by atoms with Gasteiger partial charge in [-0.15, -0.1) is 0 Å². The molecule has 0 saturated carbocycles. The molecule has 8 heteroatoms. The maximum absolute atomic E-state index is 13.1. The van der Waals surface area contributed by atoms with Crippen molar-refractivity contribution in [1.29, 1.82) is 0 Å². The number of nitrogens with one attached hydrogen (secondary N) is 1. The lowest BCUT2D eigenvalue weighted by molar-refractivity contribution is -0.139. The molecule has 2 aliphatic heterocycles. The molecule has 8 nitrogen and oxygen atoms in total. The van der Waals surface area contributed by atoms with Gasteiger partial charge in [0.15, 0.2) is 0 Å². The topological polar surface area (TPSA) is 96.0 Å². The lowest BCUT2D eigenvalue weighted by atomic mass is 10.1. The molecular formula is C24H25N3O5. The highest BCUT2D eigenvalue weighted by Crippen LogP contribution is 2.23. The van der Waals surface area contributed by atoms with E-state index in [1.807, 2.05) is 0 Å². The Labute approximate surface area is 186 Å². The zero-order valence-corrected chi connectivity index (χ0v) is 17.9. The van der Waals surface area contributed by atoms with Crippen LogP contribution in [0.3, 0.4) is 0 Å². The normalized spacial score (nSPS) is 18.2. The van der Waals surface area contributed by atoms with Gasteiger partial charge in [0.25, 0.3) is 5.91 Å². The summed E-state index contributed by atoms with van der Waals surface area (Å²) in [7, 11) is 1.58. The monoisotopic (exact) mass is 435 g/mol. The lowest BCUT2D eigenvalue weighted by Gasteiger charge is -2.24. The zero-order chi connectivity index (χ0) is 22.7. The minimum Gasteiger partial charge on any atom is -0.497 e. The highest BCUT2D eigenvalue weighted by atomic mass is 16.5. The van der Waals surface area contributed by atoms with Gasteiger partial charge in [-0.25, -0.2) is 0 Å². The quantitative estimate of drug-likeness (QED) is 0.704. The molecule has 2 aliphatic rings. The number of hydrogen-bond donors (Lipinski definition) is 1. The fourth-order valence-electron chi connectivity index (χ4n) is 4.08. The van der Waals surface area contributed by atoms with E-state index >= 15 is 0 Å². The number of likely N-dealkylation sites (tertiary alicyclic amines) is 2. The largest absolute Gasteiger partial charge is 0.497 e. The Hall–Kier alpha value is -3.68. The van der Waals surface area contributed by atoms with E-state index in [-0.39, 0.29) is 43.0 Å². The second kappa shape index (κ2) is 9.21. The van der Waals surface area contributed by atoms with Crippen LogP contribution in [0.25, 0.3) is 0 Å². The van der Waals surface area contributed by atoms with E-state index in [4.69, 9.17) is 4.74 Å². The molecular weight excluding hydrogens is 410 g/mol. The van der Waals surface area contributed by atoms with Gasteiger partial charge in [0.2, 0.25) is 17.7 Å². The molecule has 0 spiro atoms. The summed E-state index contributed by atoms with van der Waals surface area (Å²) in [6, 6.07) is 13.3. The van der Waals surface area contributed by atoms with Crippen molar-refractivity contribution in [3.05, 3.63) is 59.7 Å². The maximum Gasteiger partial charge on any atom is 0.254 e. The van der Waals surface area contributed by atoms with Gasteiger partial charge in [-0.2, -0.15) is 0 Å². The average molecular weight is 435 g/mol. The number of imide groups is 1. The van der Waals surface area contributed by atoms with Crippen LogP contribution in [0.1, 0.15) is 41.6 Å². The van der Waals surface area contributed by atoms with Gasteiger partial charge in [-0.3, -0.25) is 24.1 Å². The summed E-state index contributed by atoms with van der Waals surface area (Å²) in [6.45, 7) is 0.723. The van der Waals surface area contributed by atoms with Crippen LogP contribution in [0.15, 0.2) is 48.5 Å². The Balaban J connectivity index is 1.40. The first-order chi connectivity index (χ1) is 15.5. The first-order valence-corrected chi connectivity index (χ1v) is 10.6. The molecule has 1 unspecified atom stereocenters. The first-order valence-electron chi connectivity index (χ1n) is 10.6. The van der Waals surface area contributed by atoms with E-state index in [2.05, 4.69) is 5.32 Å². The third kappa shape index (κ3) is 4.49. The van der Waals surface area contributed by atoms with Crippen LogP contribution in [-0.4, -0.2) is 53.1 Å². The average Bonchev–Trinajstić information content (AvgIpc) is 3.42. The number of hydrogen-bond acceptors (Lipinski definition) is 5. The number of nitrogens with zero attached hydrogens (tertiary/aromatic N) is 2. The second-order valence-electron chi connectivity index (χ2n) is 7.94. The molecule has 1 atom stereocenters. The third-order valence-electron chi connectivity index (χ3n) is 5.87. The van der Waals surface area contributed by atoms with E-state index in [1.165, 1.54) is 4.90 Å². The van der Waals surface area contributed by atoms with Crippen LogP contribution in [0.5, 0.6) is 5.75 Å². The summed E-state index contributed by atoms with van der Waals surface area (Å²) < 4.78 is 5.13. The van der Waals surface area contributed by atoms with Gasteiger partial charge >= 0.3 is 0 Å². The molecule has 1 N–H and O–H groups in total. The number of benzene rings is 2. The van der Waals surface area contributed by atoms with Gasteiger partial charge < -0.3 is 15.0 Å². The summed E-state index contributed by atoms with van der Waals surface area (Å²) in [6.07, 6.45) is 1.86. The van der Waals surface area contributed by atoms with Crippen LogP contribution >= 0.6 is 0 Å². The molecule has 4 rings (SSSR count). The number of amides is 4. The molecule has 2 saturated heterocycles. The van der Waals surface area contributed by atoms with E-state index in [9.17, 15) is 19.2 Å². The number of carbonyl (C=O) groups excluding carboxylic acids is 4. The summed E-state index contributed by atoms with van der Waals surface area (Å²) in [5, 5.41) is 2.87. The number of anilines is 1. The van der Waals surface area contributed by atoms with Crippen LogP contribution in [-0.2, 0) is 20.9 Å². The molecule has 0 bridgehead atoms. The van der Waals surface area contributed by atoms with Gasteiger partial charge in [-0.05, 0) is 54.8 Å². The number of carbonyl (C=O) groups is 4. The first kappa shape index (κ1) is 21.5. The minimum atomic E-state index is -0.538. The summed E-state index contributed by atoms with van der Waals surface area (Å²) in [5.41, 5.74) is 1.89. The summed E-state index contributed by atoms with van der Waals surface area (Å²) in [5.74, 6) is -0.0700. The predicted octanol–water partition coefficient (Wildman–Crippen LogP) is 2.59. The number of methoxy groups -OCH3 is 1. The second-order valence-corrected chi connectivity index (χ2v) is 7.94. The molecule has 166 valence electrons. The van der Waals surface area contributed by atoms with Gasteiger partial charge in [-0.1, -0.05) is 12.1 Å². The van der Waals surface area contributed by atoms with E-state index in [0.29, 0.717) is 30.0 Å². The molecule has 32 heavy (non-hydrogen) atoms. The Kier molecular flexibility index (Phi) is 6.20. The molecule has 2 aromatic rings. The fourth-order valence-corrected chi connectivity index (χ4v) is 4.08. The Morgan fingerprint density at radius 3 is 2.28 bits per heavy atom.